The van der Waals surface area contributed by atoms with E-state index in [9.17, 15) is 0 Å². The lowest BCUT2D eigenvalue weighted by Gasteiger charge is -2.20. The van der Waals surface area contributed by atoms with Crippen LogP contribution in [0.4, 0.5) is 5.82 Å². The standard InChI is InChI=1S/C18H23ClN6.HI/c1-2-20-18(23-12-14-6-3-4-9-21-14)24-15-8-11-25(13-15)17-16(19)7-5-10-22-17;/h3-7,9-10,15H,2,8,11-13H2,1H3,(H2,20,23,24);1H. The third-order valence-corrected chi connectivity index (χ3v) is 4.33. The topological polar surface area (TPSA) is 65.4 Å². The van der Waals surface area contributed by atoms with Crippen molar-refractivity contribution >= 4 is 47.4 Å². The van der Waals surface area contributed by atoms with E-state index in [1.165, 1.54) is 0 Å². The maximum atomic E-state index is 6.26. The van der Waals surface area contributed by atoms with Crippen LogP contribution in [-0.2, 0) is 6.54 Å². The summed E-state index contributed by atoms with van der Waals surface area (Å²) in [4.78, 5) is 15.6. The van der Waals surface area contributed by atoms with Crippen molar-refractivity contribution < 1.29 is 0 Å². The molecule has 0 radical (unpaired) electrons. The van der Waals surface area contributed by atoms with Crippen LogP contribution in [0.2, 0.25) is 5.02 Å². The first-order valence-electron chi connectivity index (χ1n) is 8.56. The first kappa shape index (κ1) is 20.7. The highest BCUT2D eigenvalue weighted by Gasteiger charge is 2.25. The molecule has 140 valence electrons. The molecule has 2 aromatic heterocycles. The summed E-state index contributed by atoms with van der Waals surface area (Å²) < 4.78 is 0. The third kappa shape index (κ3) is 5.70. The Hall–Kier alpha value is -1.61. The molecule has 0 bridgehead atoms. The van der Waals surface area contributed by atoms with Gasteiger partial charge in [0.15, 0.2) is 5.96 Å². The average Bonchev–Trinajstić information content (AvgIpc) is 3.09. The molecule has 1 aliphatic rings. The van der Waals surface area contributed by atoms with E-state index in [0.29, 0.717) is 17.6 Å². The van der Waals surface area contributed by atoms with Crippen molar-refractivity contribution in [2.75, 3.05) is 24.5 Å². The van der Waals surface area contributed by atoms with E-state index in [0.717, 1.165) is 43.5 Å². The lowest BCUT2D eigenvalue weighted by molar-refractivity contribution is 0.648. The number of hydrogen-bond acceptors (Lipinski definition) is 4. The molecule has 1 fully saturated rings. The van der Waals surface area contributed by atoms with Gasteiger partial charge < -0.3 is 15.5 Å². The maximum absolute atomic E-state index is 6.26. The number of rotatable bonds is 5. The van der Waals surface area contributed by atoms with E-state index >= 15 is 0 Å². The van der Waals surface area contributed by atoms with Crippen LogP contribution >= 0.6 is 35.6 Å². The highest BCUT2D eigenvalue weighted by molar-refractivity contribution is 14.0. The fraction of sp³-hybridized carbons (Fsp3) is 0.389. The van der Waals surface area contributed by atoms with Crippen LogP contribution < -0.4 is 15.5 Å². The van der Waals surface area contributed by atoms with Crippen LogP contribution in [0.5, 0.6) is 0 Å². The summed E-state index contributed by atoms with van der Waals surface area (Å²) in [6, 6.07) is 9.90. The number of aliphatic imine (C=N–C) groups is 1. The minimum atomic E-state index is 0. The summed E-state index contributed by atoms with van der Waals surface area (Å²) in [7, 11) is 0. The van der Waals surface area contributed by atoms with Crippen LogP contribution in [0.25, 0.3) is 0 Å². The number of halogens is 2. The van der Waals surface area contributed by atoms with E-state index < -0.39 is 0 Å². The molecule has 1 unspecified atom stereocenters. The predicted molar refractivity (Wildman–Crippen MR) is 117 cm³/mol. The largest absolute Gasteiger partial charge is 0.357 e. The minimum absolute atomic E-state index is 0. The quantitative estimate of drug-likeness (QED) is 0.386. The van der Waals surface area contributed by atoms with Crippen molar-refractivity contribution in [3.8, 4) is 0 Å². The molecular formula is C18H24ClIN6. The molecule has 0 aliphatic carbocycles. The van der Waals surface area contributed by atoms with Gasteiger partial charge in [-0.1, -0.05) is 17.7 Å². The van der Waals surface area contributed by atoms with E-state index in [1.807, 2.05) is 30.3 Å². The van der Waals surface area contributed by atoms with Gasteiger partial charge in [0, 0.05) is 38.1 Å². The monoisotopic (exact) mass is 486 g/mol. The van der Waals surface area contributed by atoms with E-state index in [1.54, 1.807) is 12.4 Å². The van der Waals surface area contributed by atoms with E-state index in [2.05, 4.69) is 37.4 Å². The second kappa shape index (κ2) is 10.5. The summed E-state index contributed by atoms with van der Waals surface area (Å²) in [5, 5.41) is 7.49. The van der Waals surface area contributed by atoms with Crippen LogP contribution in [-0.4, -0.2) is 41.6 Å². The Labute approximate surface area is 176 Å². The Balaban J connectivity index is 0.00000243. The van der Waals surface area contributed by atoms with Crippen LogP contribution in [0.3, 0.4) is 0 Å². The van der Waals surface area contributed by atoms with Crippen molar-refractivity contribution in [1.29, 1.82) is 0 Å². The number of nitrogens with zero attached hydrogens (tertiary/aromatic N) is 4. The van der Waals surface area contributed by atoms with Crippen LogP contribution in [0.15, 0.2) is 47.7 Å². The zero-order valence-corrected chi connectivity index (χ0v) is 17.8. The third-order valence-electron chi connectivity index (χ3n) is 4.04. The van der Waals surface area contributed by atoms with Crippen molar-refractivity contribution in [1.82, 2.24) is 20.6 Å². The predicted octanol–water partition coefficient (Wildman–Crippen LogP) is 3.08. The Bertz CT molecular complexity index is 712. The first-order chi connectivity index (χ1) is 12.3. The zero-order chi connectivity index (χ0) is 17.5. The second-order valence-corrected chi connectivity index (χ2v) is 6.31. The molecule has 0 amide bonds. The smallest absolute Gasteiger partial charge is 0.191 e. The Kier molecular flexibility index (Phi) is 8.37. The summed E-state index contributed by atoms with van der Waals surface area (Å²) in [5.41, 5.74) is 0.952. The fourth-order valence-corrected chi connectivity index (χ4v) is 3.09. The van der Waals surface area contributed by atoms with Crippen molar-refractivity contribution in [3.63, 3.8) is 0 Å². The summed E-state index contributed by atoms with van der Waals surface area (Å²) in [6.45, 7) is 5.21. The molecule has 0 spiro atoms. The molecule has 3 heterocycles. The van der Waals surface area contributed by atoms with Crippen LogP contribution in [0, 0.1) is 0 Å². The highest BCUT2D eigenvalue weighted by Crippen LogP contribution is 2.25. The summed E-state index contributed by atoms with van der Waals surface area (Å²) >= 11 is 6.26. The van der Waals surface area contributed by atoms with Gasteiger partial charge in [0.1, 0.15) is 5.82 Å². The van der Waals surface area contributed by atoms with Crippen molar-refractivity contribution in [2.24, 2.45) is 4.99 Å². The minimum Gasteiger partial charge on any atom is -0.357 e. The Morgan fingerprint density at radius 2 is 2.12 bits per heavy atom. The average molecular weight is 487 g/mol. The fourth-order valence-electron chi connectivity index (χ4n) is 2.85. The molecule has 1 saturated heterocycles. The molecule has 0 aromatic carbocycles. The van der Waals surface area contributed by atoms with Crippen molar-refractivity contribution in [3.05, 3.63) is 53.4 Å². The zero-order valence-electron chi connectivity index (χ0n) is 14.7. The molecule has 1 aliphatic heterocycles. The molecule has 8 heteroatoms. The van der Waals surface area contributed by atoms with Gasteiger partial charge in [-0.15, -0.1) is 24.0 Å². The van der Waals surface area contributed by atoms with Gasteiger partial charge >= 0.3 is 0 Å². The molecule has 6 nitrogen and oxygen atoms in total. The molecular weight excluding hydrogens is 463 g/mol. The number of aromatic nitrogens is 2. The summed E-state index contributed by atoms with van der Waals surface area (Å²) in [5.74, 6) is 1.66. The maximum Gasteiger partial charge on any atom is 0.191 e. The molecule has 3 rings (SSSR count). The van der Waals surface area contributed by atoms with Gasteiger partial charge in [-0.2, -0.15) is 0 Å². The number of guanidine groups is 1. The van der Waals surface area contributed by atoms with Gasteiger partial charge in [-0.25, -0.2) is 9.98 Å². The summed E-state index contributed by atoms with van der Waals surface area (Å²) in [6.07, 6.45) is 4.58. The first-order valence-corrected chi connectivity index (χ1v) is 8.94. The second-order valence-electron chi connectivity index (χ2n) is 5.90. The number of nitrogens with one attached hydrogen (secondary N) is 2. The van der Waals surface area contributed by atoms with Crippen molar-refractivity contribution in [2.45, 2.75) is 25.9 Å². The van der Waals surface area contributed by atoms with E-state index in [4.69, 9.17) is 11.6 Å². The van der Waals surface area contributed by atoms with E-state index in [-0.39, 0.29) is 24.0 Å². The number of hydrogen-bond donors (Lipinski definition) is 2. The highest BCUT2D eigenvalue weighted by atomic mass is 127. The molecule has 0 saturated carbocycles. The number of pyridine rings is 2. The van der Waals surface area contributed by atoms with Gasteiger partial charge in [-0.3, -0.25) is 4.98 Å². The molecule has 1 atom stereocenters. The SMILES string of the molecule is CCNC(=NCc1ccccn1)NC1CCN(c2ncccc2Cl)C1.I. The lowest BCUT2D eigenvalue weighted by Crippen LogP contribution is -2.44. The van der Waals surface area contributed by atoms with Gasteiger partial charge in [0.05, 0.1) is 17.3 Å². The van der Waals surface area contributed by atoms with Gasteiger partial charge in [0.2, 0.25) is 0 Å². The Morgan fingerprint density at radius 1 is 1.27 bits per heavy atom. The van der Waals surface area contributed by atoms with Gasteiger partial charge in [-0.05, 0) is 37.6 Å². The molecule has 2 N–H and O–H groups in total. The lowest BCUT2D eigenvalue weighted by atomic mass is 10.3. The number of anilines is 1. The normalized spacial score (nSPS) is 16.9. The molecule has 26 heavy (non-hydrogen) atoms. The van der Waals surface area contributed by atoms with Crippen LogP contribution in [0.1, 0.15) is 19.0 Å². The molecule has 2 aromatic rings. The Morgan fingerprint density at radius 3 is 2.85 bits per heavy atom. The van der Waals surface area contributed by atoms with Gasteiger partial charge in [0.25, 0.3) is 0 Å².